The molecule has 0 amide bonds. The van der Waals surface area contributed by atoms with Gasteiger partial charge in [-0.3, -0.25) is 4.79 Å². The van der Waals surface area contributed by atoms with Gasteiger partial charge in [-0.15, -0.1) is 0 Å². The minimum atomic E-state index is -3.69. The summed E-state index contributed by atoms with van der Waals surface area (Å²) < 4.78 is 37.9. The Balaban J connectivity index is 2.10. The van der Waals surface area contributed by atoms with Gasteiger partial charge in [0.1, 0.15) is 16.3 Å². The first-order valence-electron chi connectivity index (χ1n) is 8.75. The summed E-state index contributed by atoms with van der Waals surface area (Å²) in [5.74, 6) is -0.536. The van der Waals surface area contributed by atoms with Crippen molar-refractivity contribution in [1.29, 1.82) is 0 Å². The Morgan fingerprint density at radius 1 is 1.11 bits per heavy atom. The number of nitrogens with zero attached hydrogens (tertiary/aromatic N) is 2. The number of rotatable bonds is 9. The number of ether oxygens (including phenoxy) is 2. The maximum Gasteiger partial charge on any atom is 0.355 e. The Kier molecular flexibility index (Phi) is 6.98. The monoisotopic (exact) mass is 408 g/mol. The van der Waals surface area contributed by atoms with Gasteiger partial charge in [0.15, 0.2) is 12.4 Å². The van der Waals surface area contributed by atoms with E-state index in [0.717, 1.165) is 0 Å². The maximum absolute atomic E-state index is 12.6. The summed E-state index contributed by atoms with van der Waals surface area (Å²) >= 11 is 0. The summed E-state index contributed by atoms with van der Waals surface area (Å²) in [5, 5.41) is 0. The third kappa shape index (κ3) is 4.60. The van der Waals surface area contributed by atoms with Gasteiger partial charge in [0, 0.05) is 31.9 Å². The number of carbonyl (C=O) groups is 2. The lowest BCUT2D eigenvalue weighted by Gasteiger charge is -2.17. The van der Waals surface area contributed by atoms with Gasteiger partial charge >= 0.3 is 5.97 Å². The van der Waals surface area contributed by atoms with Crippen LogP contribution >= 0.6 is 0 Å². The average Bonchev–Trinajstić information content (AvgIpc) is 3.09. The van der Waals surface area contributed by atoms with Gasteiger partial charge in [-0.1, -0.05) is 13.8 Å². The van der Waals surface area contributed by atoms with E-state index in [9.17, 15) is 18.0 Å². The van der Waals surface area contributed by atoms with Crippen molar-refractivity contribution >= 4 is 21.8 Å². The number of benzene rings is 1. The van der Waals surface area contributed by atoms with Crippen LogP contribution in [0, 0.1) is 0 Å². The molecule has 0 saturated heterocycles. The lowest BCUT2D eigenvalue weighted by molar-refractivity contribution is 0.0465. The zero-order valence-corrected chi connectivity index (χ0v) is 17.2. The summed E-state index contributed by atoms with van der Waals surface area (Å²) in [7, 11) is -0.626. The van der Waals surface area contributed by atoms with Crippen molar-refractivity contribution < 1.29 is 27.5 Å². The molecule has 0 atom stereocenters. The fraction of sp³-hybridized carbons (Fsp3) is 0.368. The van der Waals surface area contributed by atoms with E-state index in [1.165, 1.54) is 28.2 Å². The van der Waals surface area contributed by atoms with Crippen molar-refractivity contribution in [2.24, 2.45) is 7.05 Å². The summed E-state index contributed by atoms with van der Waals surface area (Å²) in [5.41, 5.74) is 0.429. The largest absolute Gasteiger partial charge is 0.497 e. The van der Waals surface area contributed by atoms with E-state index >= 15 is 0 Å². The second-order valence-corrected chi connectivity index (χ2v) is 7.93. The van der Waals surface area contributed by atoms with Crippen LogP contribution in [0.5, 0.6) is 5.75 Å². The molecule has 0 bridgehead atoms. The summed E-state index contributed by atoms with van der Waals surface area (Å²) in [6.07, 6.45) is 1.36. The molecular formula is C19H24N2O6S. The predicted octanol–water partition coefficient (Wildman–Crippen LogP) is 2.10. The van der Waals surface area contributed by atoms with Crippen molar-refractivity contribution in [2.45, 2.75) is 18.7 Å². The van der Waals surface area contributed by atoms with Crippen LogP contribution in [0.4, 0.5) is 0 Å². The summed E-state index contributed by atoms with van der Waals surface area (Å²) in [6.45, 7) is 3.68. The van der Waals surface area contributed by atoms with Gasteiger partial charge in [-0.05, 0) is 30.3 Å². The molecule has 0 aliphatic carbocycles. The molecule has 1 aromatic carbocycles. The van der Waals surface area contributed by atoms with Crippen LogP contribution in [-0.2, 0) is 21.8 Å². The van der Waals surface area contributed by atoms with Crippen LogP contribution in [0.15, 0.2) is 41.4 Å². The molecule has 0 N–H and O–H groups in total. The minimum Gasteiger partial charge on any atom is -0.497 e. The molecular weight excluding hydrogens is 384 g/mol. The summed E-state index contributed by atoms with van der Waals surface area (Å²) in [4.78, 5) is 24.5. The first-order valence-corrected chi connectivity index (χ1v) is 10.2. The molecule has 1 heterocycles. The topological polar surface area (TPSA) is 94.9 Å². The van der Waals surface area contributed by atoms with E-state index in [4.69, 9.17) is 9.47 Å². The number of aromatic nitrogens is 1. The van der Waals surface area contributed by atoms with Crippen LogP contribution in [0.3, 0.4) is 0 Å². The van der Waals surface area contributed by atoms with E-state index in [1.54, 1.807) is 45.2 Å². The van der Waals surface area contributed by atoms with Gasteiger partial charge < -0.3 is 14.0 Å². The first-order chi connectivity index (χ1) is 13.2. The number of hydrogen-bond donors (Lipinski definition) is 0. The maximum atomic E-state index is 12.6. The zero-order valence-electron chi connectivity index (χ0n) is 16.3. The van der Waals surface area contributed by atoms with Crippen molar-refractivity contribution in [1.82, 2.24) is 8.87 Å². The quantitative estimate of drug-likeness (QED) is 0.466. The van der Waals surface area contributed by atoms with Crippen LogP contribution in [0.25, 0.3) is 0 Å². The van der Waals surface area contributed by atoms with Gasteiger partial charge in [-0.2, -0.15) is 4.31 Å². The normalized spacial score (nSPS) is 11.5. The highest BCUT2D eigenvalue weighted by Crippen LogP contribution is 2.19. The van der Waals surface area contributed by atoms with Crippen LogP contribution in [-0.4, -0.2) is 55.8 Å². The highest BCUT2D eigenvalue weighted by atomic mass is 32.2. The molecule has 152 valence electrons. The van der Waals surface area contributed by atoms with E-state index in [2.05, 4.69) is 0 Å². The molecule has 1 aromatic heterocycles. The van der Waals surface area contributed by atoms with Crippen molar-refractivity contribution in [3.05, 3.63) is 47.8 Å². The number of ketones is 1. The van der Waals surface area contributed by atoms with Crippen LogP contribution in [0.2, 0.25) is 0 Å². The van der Waals surface area contributed by atoms with Gasteiger partial charge in [0.2, 0.25) is 10.0 Å². The lowest BCUT2D eigenvalue weighted by atomic mass is 10.1. The molecule has 0 saturated carbocycles. The van der Waals surface area contributed by atoms with Gasteiger partial charge in [-0.25, -0.2) is 13.2 Å². The van der Waals surface area contributed by atoms with Crippen molar-refractivity contribution in [3.63, 3.8) is 0 Å². The zero-order chi connectivity index (χ0) is 20.9. The Hall–Kier alpha value is -2.65. The van der Waals surface area contributed by atoms with Crippen molar-refractivity contribution in [3.8, 4) is 5.75 Å². The Morgan fingerprint density at radius 2 is 1.71 bits per heavy atom. The molecule has 2 aromatic rings. The summed E-state index contributed by atoms with van der Waals surface area (Å²) in [6, 6.07) is 7.68. The second kappa shape index (κ2) is 9.03. The fourth-order valence-corrected chi connectivity index (χ4v) is 4.19. The van der Waals surface area contributed by atoms with E-state index in [-0.39, 0.29) is 16.4 Å². The van der Waals surface area contributed by atoms with E-state index < -0.39 is 22.6 Å². The molecule has 0 spiro atoms. The molecule has 2 rings (SSSR count). The number of sulfonamides is 1. The van der Waals surface area contributed by atoms with E-state index in [0.29, 0.717) is 24.4 Å². The van der Waals surface area contributed by atoms with Crippen LogP contribution < -0.4 is 4.74 Å². The molecule has 0 fully saturated rings. The number of aryl methyl sites for hydroxylation is 1. The fourth-order valence-electron chi connectivity index (χ4n) is 2.66. The lowest BCUT2D eigenvalue weighted by Crippen LogP contribution is -2.30. The Bertz CT molecular complexity index is 943. The molecule has 28 heavy (non-hydrogen) atoms. The highest BCUT2D eigenvalue weighted by Gasteiger charge is 2.26. The number of carbonyl (C=O) groups excluding carboxylic acids is 2. The van der Waals surface area contributed by atoms with Crippen LogP contribution in [0.1, 0.15) is 34.7 Å². The Morgan fingerprint density at radius 3 is 2.25 bits per heavy atom. The number of Topliss-reactive ketones (excluding diaryl/α,β-unsaturated/α-hetero) is 1. The average molecular weight is 408 g/mol. The molecule has 0 aliphatic heterocycles. The minimum absolute atomic E-state index is 0.00660. The molecule has 0 radical (unpaired) electrons. The smallest absolute Gasteiger partial charge is 0.355 e. The third-order valence-electron chi connectivity index (χ3n) is 4.28. The van der Waals surface area contributed by atoms with E-state index in [1.807, 2.05) is 0 Å². The van der Waals surface area contributed by atoms with Crippen molar-refractivity contribution in [2.75, 3.05) is 26.8 Å². The highest BCUT2D eigenvalue weighted by molar-refractivity contribution is 7.89. The predicted molar refractivity (Wildman–Crippen MR) is 103 cm³/mol. The number of esters is 1. The third-order valence-corrected chi connectivity index (χ3v) is 6.29. The number of hydrogen-bond acceptors (Lipinski definition) is 6. The van der Waals surface area contributed by atoms with Gasteiger partial charge in [0.25, 0.3) is 0 Å². The Labute approximate surface area is 164 Å². The standard InChI is InChI=1S/C19H24N2O6S/c1-5-21(6-2)28(24,25)16-11-17(20(3)12-16)19(23)27-13-18(22)14-7-9-15(26-4)10-8-14/h7-12H,5-6,13H2,1-4H3. The first kappa shape index (κ1) is 21.6. The van der Waals surface area contributed by atoms with Gasteiger partial charge in [0.05, 0.1) is 7.11 Å². The number of methoxy groups -OCH3 is 1. The molecule has 9 heteroatoms. The second-order valence-electron chi connectivity index (χ2n) is 5.99. The molecule has 0 unspecified atom stereocenters. The SMILES string of the molecule is CCN(CC)S(=O)(=O)c1cc(C(=O)OCC(=O)c2ccc(OC)cc2)n(C)c1. The molecule has 0 aliphatic rings. The molecule has 8 nitrogen and oxygen atoms in total.